The lowest BCUT2D eigenvalue weighted by Gasteiger charge is -2.17. The number of aryl methyl sites for hydroxylation is 2. The van der Waals surface area contributed by atoms with E-state index in [-0.39, 0.29) is 5.82 Å². The average molecular weight is 317 g/mol. The SMILES string of the molecule is C=C(C)c1[nH]c2c(c1-c1ccc(C)cc1F)CCc1ccccc1-2. The Balaban J connectivity index is 2.02. The van der Waals surface area contributed by atoms with Crippen LogP contribution in [0.4, 0.5) is 4.39 Å². The first-order valence-electron chi connectivity index (χ1n) is 8.32. The fourth-order valence-corrected chi connectivity index (χ4v) is 3.70. The smallest absolute Gasteiger partial charge is 0.131 e. The van der Waals surface area contributed by atoms with Gasteiger partial charge in [-0.2, -0.15) is 0 Å². The summed E-state index contributed by atoms with van der Waals surface area (Å²) in [6, 6.07) is 13.9. The molecule has 0 saturated heterocycles. The van der Waals surface area contributed by atoms with Crippen molar-refractivity contribution in [1.82, 2.24) is 4.98 Å². The number of aromatic amines is 1. The molecule has 120 valence electrons. The van der Waals surface area contributed by atoms with Gasteiger partial charge in [0.2, 0.25) is 0 Å². The Morgan fingerprint density at radius 1 is 1.08 bits per heavy atom. The molecule has 1 aliphatic carbocycles. The fourth-order valence-electron chi connectivity index (χ4n) is 3.70. The number of hydrogen-bond acceptors (Lipinski definition) is 0. The Morgan fingerprint density at radius 3 is 2.62 bits per heavy atom. The maximum Gasteiger partial charge on any atom is 0.131 e. The minimum Gasteiger partial charge on any atom is -0.354 e. The number of rotatable bonds is 2. The van der Waals surface area contributed by atoms with Gasteiger partial charge in [-0.05, 0) is 55.0 Å². The van der Waals surface area contributed by atoms with E-state index in [0.29, 0.717) is 5.56 Å². The minimum absolute atomic E-state index is 0.168. The van der Waals surface area contributed by atoms with Gasteiger partial charge in [-0.3, -0.25) is 0 Å². The van der Waals surface area contributed by atoms with E-state index in [9.17, 15) is 4.39 Å². The molecule has 0 unspecified atom stereocenters. The largest absolute Gasteiger partial charge is 0.354 e. The maximum absolute atomic E-state index is 14.7. The van der Waals surface area contributed by atoms with Gasteiger partial charge in [-0.1, -0.05) is 43.0 Å². The molecule has 0 aliphatic heterocycles. The molecule has 1 nitrogen and oxygen atoms in total. The van der Waals surface area contributed by atoms with Crippen molar-refractivity contribution in [1.29, 1.82) is 0 Å². The summed E-state index contributed by atoms with van der Waals surface area (Å²) < 4.78 is 14.7. The highest BCUT2D eigenvalue weighted by Crippen LogP contribution is 2.43. The van der Waals surface area contributed by atoms with Gasteiger partial charge in [0.25, 0.3) is 0 Å². The van der Waals surface area contributed by atoms with Crippen molar-refractivity contribution in [3.8, 4) is 22.4 Å². The van der Waals surface area contributed by atoms with Gasteiger partial charge < -0.3 is 4.98 Å². The van der Waals surface area contributed by atoms with Crippen LogP contribution < -0.4 is 0 Å². The summed E-state index contributed by atoms with van der Waals surface area (Å²) in [4.78, 5) is 3.53. The Hall–Kier alpha value is -2.61. The predicted octanol–water partition coefficient (Wildman–Crippen LogP) is 5.93. The van der Waals surface area contributed by atoms with Crippen LogP contribution in [-0.4, -0.2) is 4.98 Å². The van der Waals surface area contributed by atoms with Crippen LogP contribution in [-0.2, 0) is 12.8 Å². The molecule has 3 aromatic rings. The van der Waals surface area contributed by atoms with E-state index in [1.165, 1.54) is 16.7 Å². The van der Waals surface area contributed by atoms with Crippen molar-refractivity contribution in [2.75, 3.05) is 0 Å². The predicted molar refractivity (Wildman–Crippen MR) is 98.5 cm³/mol. The Kier molecular flexibility index (Phi) is 3.42. The molecular weight excluding hydrogens is 297 g/mol. The third-order valence-corrected chi connectivity index (χ3v) is 4.86. The van der Waals surface area contributed by atoms with E-state index >= 15 is 0 Å². The van der Waals surface area contributed by atoms with Gasteiger partial charge in [0, 0.05) is 22.4 Å². The molecule has 1 N–H and O–H groups in total. The molecule has 2 aromatic carbocycles. The summed E-state index contributed by atoms with van der Waals surface area (Å²) in [5, 5.41) is 0. The minimum atomic E-state index is -0.168. The van der Waals surface area contributed by atoms with E-state index in [1.807, 2.05) is 26.0 Å². The lowest BCUT2D eigenvalue weighted by atomic mass is 9.86. The van der Waals surface area contributed by atoms with Crippen LogP contribution in [0.5, 0.6) is 0 Å². The lowest BCUT2D eigenvalue weighted by molar-refractivity contribution is 0.630. The second-order valence-corrected chi connectivity index (χ2v) is 6.65. The Morgan fingerprint density at radius 2 is 1.88 bits per heavy atom. The van der Waals surface area contributed by atoms with E-state index < -0.39 is 0 Å². The molecule has 1 aromatic heterocycles. The Bertz CT molecular complexity index is 962. The molecule has 0 amide bonds. The van der Waals surface area contributed by atoms with Gasteiger partial charge in [-0.25, -0.2) is 4.39 Å². The summed E-state index contributed by atoms with van der Waals surface area (Å²) in [5.74, 6) is -0.168. The molecule has 0 radical (unpaired) electrons. The number of halogens is 1. The molecule has 0 bridgehead atoms. The van der Waals surface area contributed by atoms with E-state index in [2.05, 4.69) is 35.8 Å². The van der Waals surface area contributed by atoms with Crippen molar-refractivity contribution in [3.05, 3.63) is 77.2 Å². The highest BCUT2D eigenvalue weighted by molar-refractivity contribution is 5.88. The Labute approximate surface area is 141 Å². The number of H-pyrrole nitrogens is 1. The average Bonchev–Trinajstić information content (AvgIpc) is 2.95. The standard InChI is InChI=1S/C22H20FN/c1-13(2)21-20(17-10-8-14(3)12-19(17)23)18-11-9-15-6-4-5-7-16(15)22(18)24-21/h4-8,10,12,24H,1,9,11H2,2-3H3. The molecule has 4 rings (SSSR count). The highest BCUT2D eigenvalue weighted by atomic mass is 19.1. The van der Waals surface area contributed by atoms with Gasteiger partial charge in [0.1, 0.15) is 5.82 Å². The van der Waals surface area contributed by atoms with E-state index in [4.69, 9.17) is 0 Å². The summed E-state index contributed by atoms with van der Waals surface area (Å²) in [5.41, 5.74) is 9.33. The van der Waals surface area contributed by atoms with Crippen LogP contribution in [0.25, 0.3) is 28.0 Å². The molecular formula is C22H20FN. The second-order valence-electron chi connectivity index (χ2n) is 6.65. The highest BCUT2D eigenvalue weighted by Gasteiger charge is 2.26. The van der Waals surface area contributed by atoms with Crippen LogP contribution in [0.15, 0.2) is 49.0 Å². The first kappa shape index (κ1) is 14.9. The van der Waals surface area contributed by atoms with E-state index in [1.54, 1.807) is 6.07 Å². The van der Waals surface area contributed by atoms with Crippen LogP contribution in [0.1, 0.15) is 29.3 Å². The molecule has 24 heavy (non-hydrogen) atoms. The fraction of sp³-hybridized carbons (Fsp3) is 0.182. The molecule has 1 heterocycles. The van der Waals surface area contributed by atoms with Crippen molar-refractivity contribution < 1.29 is 4.39 Å². The number of aromatic nitrogens is 1. The van der Waals surface area contributed by atoms with Crippen molar-refractivity contribution in [3.63, 3.8) is 0 Å². The molecule has 2 heteroatoms. The van der Waals surface area contributed by atoms with E-state index in [0.717, 1.165) is 40.9 Å². The van der Waals surface area contributed by atoms with Crippen molar-refractivity contribution in [2.45, 2.75) is 26.7 Å². The van der Waals surface area contributed by atoms with Gasteiger partial charge in [0.05, 0.1) is 5.69 Å². The molecule has 0 fully saturated rings. The van der Waals surface area contributed by atoms with Crippen molar-refractivity contribution >= 4 is 5.57 Å². The first-order chi connectivity index (χ1) is 11.6. The number of fused-ring (bicyclic) bond motifs is 3. The van der Waals surface area contributed by atoms with Crippen LogP contribution in [0.3, 0.4) is 0 Å². The quantitative estimate of drug-likeness (QED) is 0.603. The molecule has 0 atom stereocenters. The topological polar surface area (TPSA) is 15.8 Å². The first-order valence-corrected chi connectivity index (χ1v) is 8.32. The van der Waals surface area contributed by atoms with Gasteiger partial charge in [-0.15, -0.1) is 0 Å². The summed E-state index contributed by atoms with van der Waals surface area (Å²) >= 11 is 0. The zero-order valence-corrected chi connectivity index (χ0v) is 14.0. The molecule has 0 spiro atoms. The number of nitrogens with one attached hydrogen (secondary N) is 1. The van der Waals surface area contributed by atoms with Crippen LogP contribution >= 0.6 is 0 Å². The molecule has 1 aliphatic rings. The third-order valence-electron chi connectivity index (χ3n) is 4.86. The maximum atomic E-state index is 14.7. The summed E-state index contributed by atoms with van der Waals surface area (Å²) in [7, 11) is 0. The van der Waals surface area contributed by atoms with Gasteiger partial charge >= 0.3 is 0 Å². The number of allylic oxidation sites excluding steroid dienone is 1. The zero-order chi connectivity index (χ0) is 16.8. The zero-order valence-electron chi connectivity index (χ0n) is 14.0. The van der Waals surface area contributed by atoms with Crippen LogP contribution in [0, 0.1) is 12.7 Å². The summed E-state index contributed by atoms with van der Waals surface area (Å²) in [6.45, 7) is 7.99. The monoisotopic (exact) mass is 317 g/mol. The third kappa shape index (κ3) is 2.22. The number of hydrogen-bond donors (Lipinski definition) is 1. The molecule has 0 saturated carbocycles. The number of benzene rings is 2. The van der Waals surface area contributed by atoms with Crippen LogP contribution in [0.2, 0.25) is 0 Å². The normalized spacial score (nSPS) is 12.6. The summed E-state index contributed by atoms with van der Waals surface area (Å²) in [6.07, 6.45) is 1.90. The second kappa shape index (κ2) is 5.48. The van der Waals surface area contributed by atoms with Crippen molar-refractivity contribution in [2.24, 2.45) is 0 Å². The van der Waals surface area contributed by atoms with Gasteiger partial charge in [0.15, 0.2) is 0 Å². The lowest BCUT2D eigenvalue weighted by Crippen LogP contribution is -2.03.